The van der Waals surface area contributed by atoms with Crippen molar-refractivity contribution in [2.75, 3.05) is 26.7 Å². The second-order valence-corrected chi connectivity index (χ2v) is 5.37. The van der Waals surface area contributed by atoms with Crippen molar-refractivity contribution < 1.29 is 0 Å². The molecule has 2 fully saturated rings. The summed E-state index contributed by atoms with van der Waals surface area (Å²) in [6, 6.07) is 0.856. The summed E-state index contributed by atoms with van der Waals surface area (Å²) in [5, 5.41) is 0. The van der Waals surface area contributed by atoms with Gasteiger partial charge in [-0.05, 0) is 27.8 Å². The van der Waals surface area contributed by atoms with E-state index >= 15 is 0 Å². The molecule has 2 aliphatic rings. The summed E-state index contributed by atoms with van der Waals surface area (Å²) in [6.07, 6.45) is 0. The maximum Gasteiger partial charge on any atom is 0.0281 e. The largest absolute Gasteiger partial charge is 0.304 e. The van der Waals surface area contributed by atoms with Gasteiger partial charge in [0.2, 0.25) is 0 Å². The highest BCUT2D eigenvalue weighted by molar-refractivity contribution is 5.03. The van der Waals surface area contributed by atoms with Gasteiger partial charge in [-0.1, -0.05) is 0 Å². The number of likely N-dealkylation sites (N-methyl/N-ethyl adjacent to an activating group) is 1. The summed E-state index contributed by atoms with van der Waals surface area (Å²) in [5.41, 5.74) is 0.381. The maximum absolute atomic E-state index is 2.64. The lowest BCUT2D eigenvalue weighted by molar-refractivity contribution is -0.0268. The van der Waals surface area contributed by atoms with Gasteiger partial charge < -0.3 is 4.90 Å². The molecule has 0 aromatic heterocycles. The molecule has 0 saturated carbocycles. The monoisotopic (exact) mass is 168 g/mol. The molecule has 0 radical (unpaired) electrons. The summed E-state index contributed by atoms with van der Waals surface area (Å²) < 4.78 is 0. The predicted octanol–water partition coefficient (Wildman–Crippen LogP) is 1.03. The Kier molecular flexibility index (Phi) is 1.74. The highest BCUT2D eigenvalue weighted by atomic mass is 15.3. The van der Waals surface area contributed by atoms with Gasteiger partial charge in [-0.2, -0.15) is 0 Å². The van der Waals surface area contributed by atoms with Gasteiger partial charge in [0.25, 0.3) is 0 Å². The lowest BCUT2D eigenvalue weighted by Gasteiger charge is -2.51. The molecule has 2 rings (SSSR count). The van der Waals surface area contributed by atoms with E-state index in [1.807, 2.05) is 0 Å². The number of nitrogens with zero attached hydrogens (tertiary/aromatic N) is 2. The minimum atomic E-state index is 0.381. The van der Waals surface area contributed by atoms with E-state index in [1.165, 1.54) is 19.6 Å². The lowest BCUT2D eigenvalue weighted by atomic mass is 9.86. The third-order valence-corrected chi connectivity index (χ3v) is 3.28. The van der Waals surface area contributed by atoms with Crippen LogP contribution in [-0.4, -0.2) is 48.1 Å². The van der Waals surface area contributed by atoms with Gasteiger partial charge in [-0.15, -0.1) is 0 Å². The second-order valence-electron chi connectivity index (χ2n) is 5.37. The fraction of sp³-hybridized carbons (Fsp3) is 1.00. The van der Waals surface area contributed by atoms with Crippen LogP contribution in [0.2, 0.25) is 0 Å². The molecule has 0 unspecified atom stereocenters. The molecule has 0 spiro atoms. The highest BCUT2D eigenvalue weighted by Gasteiger charge is 2.48. The van der Waals surface area contributed by atoms with E-state index in [4.69, 9.17) is 0 Å². The Morgan fingerprint density at radius 3 is 2.25 bits per heavy atom. The number of rotatable bonds is 0. The van der Waals surface area contributed by atoms with Crippen LogP contribution in [0, 0.1) is 5.92 Å². The molecule has 0 aliphatic carbocycles. The SMILES string of the molecule is CN1C[C@@H]2CN(C(C)(C)C)[C@@H]2C1. The fourth-order valence-corrected chi connectivity index (χ4v) is 2.62. The molecule has 2 nitrogen and oxygen atoms in total. The lowest BCUT2D eigenvalue weighted by Crippen LogP contribution is -2.62. The van der Waals surface area contributed by atoms with E-state index < -0.39 is 0 Å². The molecule has 0 N–H and O–H groups in total. The second kappa shape index (κ2) is 2.46. The molecule has 2 atom stereocenters. The average Bonchev–Trinajstić information content (AvgIpc) is 2.11. The molecule has 0 bridgehead atoms. The standard InChI is InChI=1S/C10H20N2/c1-10(2,3)12-6-8-5-11(4)7-9(8)12/h8-9H,5-7H2,1-4H3/t8-,9-/m1/s1. The van der Waals surface area contributed by atoms with E-state index in [9.17, 15) is 0 Å². The minimum absolute atomic E-state index is 0.381. The molecule has 2 saturated heterocycles. The van der Waals surface area contributed by atoms with Gasteiger partial charge in [-0.3, -0.25) is 4.90 Å². The molecule has 0 aromatic rings. The normalized spacial score (nSPS) is 38.0. The molecule has 0 amide bonds. The van der Waals surface area contributed by atoms with Crippen molar-refractivity contribution in [3.05, 3.63) is 0 Å². The Hall–Kier alpha value is -0.0800. The van der Waals surface area contributed by atoms with Crippen LogP contribution in [0.4, 0.5) is 0 Å². The summed E-state index contributed by atoms with van der Waals surface area (Å²) in [7, 11) is 2.24. The van der Waals surface area contributed by atoms with Crippen LogP contribution in [0.25, 0.3) is 0 Å². The summed E-state index contributed by atoms with van der Waals surface area (Å²) >= 11 is 0. The molecule has 0 aromatic carbocycles. The van der Waals surface area contributed by atoms with Gasteiger partial charge in [-0.25, -0.2) is 0 Å². The average molecular weight is 168 g/mol. The quantitative estimate of drug-likeness (QED) is 0.533. The smallest absolute Gasteiger partial charge is 0.0281 e. The van der Waals surface area contributed by atoms with E-state index in [0.29, 0.717) is 5.54 Å². The Labute approximate surface area is 75.5 Å². The molecular weight excluding hydrogens is 148 g/mol. The third-order valence-electron chi connectivity index (χ3n) is 3.28. The first kappa shape index (κ1) is 8.52. The minimum Gasteiger partial charge on any atom is -0.304 e. The van der Waals surface area contributed by atoms with Crippen LogP contribution >= 0.6 is 0 Å². The topological polar surface area (TPSA) is 6.48 Å². The first-order valence-corrected chi connectivity index (χ1v) is 4.94. The zero-order valence-corrected chi connectivity index (χ0v) is 8.67. The number of fused-ring (bicyclic) bond motifs is 1. The van der Waals surface area contributed by atoms with Crippen LogP contribution in [-0.2, 0) is 0 Å². The number of hydrogen-bond acceptors (Lipinski definition) is 2. The summed E-state index contributed by atoms with van der Waals surface area (Å²) in [6.45, 7) is 10.9. The highest BCUT2D eigenvalue weighted by Crippen LogP contribution is 2.36. The van der Waals surface area contributed by atoms with Crippen LogP contribution in [0.1, 0.15) is 20.8 Å². The molecule has 2 aliphatic heterocycles. The number of likely N-dealkylation sites (tertiary alicyclic amines) is 2. The van der Waals surface area contributed by atoms with E-state index in [-0.39, 0.29) is 0 Å². The Bertz CT molecular complexity index is 183. The van der Waals surface area contributed by atoms with Gasteiger partial charge >= 0.3 is 0 Å². The van der Waals surface area contributed by atoms with Crippen molar-refractivity contribution in [2.24, 2.45) is 5.92 Å². The number of hydrogen-bond donors (Lipinski definition) is 0. The van der Waals surface area contributed by atoms with E-state index in [2.05, 4.69) is 37.6 Å². The van der Waals surface area contributed by atoms with Crippen molar-refractivity contribution in [1.82, 2.24) is 9.80 Å². The van der Waals surface area contributed by atoms with Gasteiger partial charge in [0.1, 0.15) is 0 Å². The summed E-state index contributed by atoms with van der Waals surface area (Å²) in [5.74, 6) is 0.967. The molecule has 2 heteroatoms. The van der Waals surface area contributed by atoms with Gasteiger partial charge in [0, 0.05) is 37.1 Å². The van der Waals surface area contributed by atoms with Crippen LogP contribution in [0.5, 0.6) is 0 Å². The third kappa shape index (κ3) is 1.17. The van der Waals surface area contributed by atoms with Crippen LogP contribution < -0.4 is 0 Å². The van der Waals surface area contributed by atoms with Crippen molar-refractivity contribution >= 4 is 0 Å². The molecule has 70 valence electrons. The first-order valence-electron chi connectivity index (χ1n) is 4.94. The maximum atomic E-state index is 2.64. The zero-order chi connectivity index (χ0) is 8.93. The Balaban J connectivity index is 2.00. The van der Waals surface area contributed by atoms with E-state index in [1.54, 1.807) is 0 Å². The van der Waals surface area contributed by atoms with Crippen molar-refractivity contribution in [2.45, 2.75) is 32.4 Å². The molecular formula is C10H20N2. The van der Waals surface area contributed by atoms with Crippen molar-refractivity contribution in [3.8, 4) is 0 Å². The van der Waals surface area contributed by atoms with E-state index in [0.717, 1.165) is 12.0 Å². The Morgan fingerprint density at radius 2 is 1.75 bits per heavy atom. The molecule has 2 heterocycles. The van der Waals surface area contributed by atoms with Crippen molar-refractivity contribution in [3.63, 3.8) is 0 Å². The van der Waals surface area contributed by atoms with Crippen molar-refractivity contribution in [1.29, 1.82) is 0 Å². The van der Waals surface area contributed by atoms with Crippen LogP contribution in [0.3, 0.4) is 0 Å². The predicted molar refractivity (Wildman–Crippen MR) is 51.2 cm³/mol. The zero-order valence-electron chi connectivity index (χ0n) is 8.67. The first-order chi connectivity index (χ1) is 5.48. The fourth-order valence-electron chi connectivity index (χ4n) is 2.62. The Morgan fingerprint density at radius 1 is 1.08 bits per heavy atom. The van der Waals surface area contributed by atoms with Crippen LogP contribution in [0.15, 0.2) is 0 Å². The molecule has 12 heavy (non-hydrogen) atoms. The summed E-state index contributed by atoms with van der Waals surface area (Å²) in [4.78, 5) is 5.10. The van der Waals surface area contributed by atoms with Gasteiger partial charge in [0.05, 0.1) is 0 Å². The van der Waals surface area contributed by atoms with Gasteiger partial charge in [0.15, 0.2) is 0 Å².